The summed E-state index contributed by atoms with van der Waals surface area (Å²) in [5.41, 5.74) is 0.235. The smallest absolute Gasteiger partial charge is 0.337 e. The number of nitrogens with one attached hydrogen (secondary N) is 1. The Morgan fingerprint density at radius 3 is 2.91 bits per heavy atom. The minimum absolute atomic E-state index is 0.393. The van der Waals surface area contributed by atoms with Crippen molar-refractivity contribution in [2.75, 3.05) is 19.5 Å². The van der Waals surface area contributed by atoms with Gasteiger partial charge in [0.2, 0.25) is 0 Å². The van der Waals surface area contributed by atoms with Crippen LogP contribution in [0.15, 0.2) is 21.5 Å². The van der Waals surface area contributed by atoms with Gasteiger partial charge in [0.15, 0.2) is 5.75 Å². The van der Waals surface area contributed by atoms with Crippen LogP contribution >= 0.6 is 0 Å². The zero-order chi connectivity index (χ0) is 8.27. The summed E-state index contributed by atoms with van der Waals surface area (Å²) in [6, 6.07) is 1.33. The predicted octanol–water partition coefficient (Wildman–Crippen LogP) is 0.690. The normalized spacial score (nSPS) is 9.27. The van der Waals surface area contributed by atoms with Crippen molar-refractivity contribution in [1.29, 1.82) is 0 Å². The Morgan fingerprint density at radius 2 is 2.36 bits per heavy atom. The van der Waals surface area contributed by atoms with E-state index >= 15 is 0 Å². The lowest BCUT2D eigenvalue weighted by atomic mass is 10.4. The summed E-state index contributed by atoms with van der Waals surface area (Å²) >= 11 is 0. The summed E-state index contributed by atoms with van der Waals surface area (Å²) in [6.07, 6.45) is 1.27. The minimum Gasteiger partial charge on any atom is -0.491 e. The Kier molecular flexibility index (Phi) is 2.15. The molecular weight excluding hydrogens is 146 g/mol. The molecule has 60 valence electrons. The molecule has 0 radical (unpaired) electrons. The molecule has 0 aliphatic heterocycles. The van der Waals surface area contributed by atoms with E-state index in [1.165, 1.54) is 19.4 Å². The van der Waals surface area contributed by atoms with Gasteiger partial charge in [0, 0.05) is 7.05 Å². The minimum atomic E-state index is -0.393. The molecule has 1 aromatic rings. The summed E-state index contributed by atoms with van der Waals surface area (Å²) in [6.45, 7) is 0. The highest BCUT2D eigenvalue weighted by molar-refractivity contribution is 5.53. The third-order valence-corrected chi connectivity index (χ3v) is 1.30. The molecule has 1 aromatic heterocycles. The number of hydrogen-bond acceptors (Lipinski definition) is 4. The Balaban J connectivity index is 3.16. The fourth-order valence-corrected chi connectivity index (χ4v) is 0.752. The largest absolute Gasteiger partial charge is 0.491 e. The van der Waals surface area contributed by atoms with E-state index < -0.39 is 5.63 Å². The Labute approximate surface area is 63.8 Å². The van der Waals surface area contributed by atoms with Crippen molar-refractivity contribution in [3.63, 3.8) is 0 Å². The quantitative estimate of drug-likeness (QED) is 0.682. The van der Waals surface area contributed by atoms with Gasteiger partial charge in [-0.3, -0.25) is 0 Å². The number of anilines is 1. The van der Waals surface area contributed by atoms with Crippen LogP contribution in [-0.4, -0.2) is 14.2 Å². The summed E-state index contributed by atoms with van der Waals surface area (Å²) < 4.78 is 9.47. The maximum absolute atomic E-state index is 10.7. The van der Waals surface area contributed by atoms with E-state index in [9.17, 15) is 4.79 Å². The van der Waals surface area contributed by atoms with Crippen molar-refractivity contribution in [2.45, 2.75) is 0 Å². The van der Waals surface area contributed by atoms with E-state index in [-0.39, 0.29) is 0 Å². The molecule has 0 aliphatic rings. The van der Waals surface area contributed by atoms with Crippen molar-refractivity contribution in [1.82, 2.24) is 0 Å². The number of hydrogen-bond donors (Lipinski definition) is 1. The van der Waals surface area contributed by atoms with Crippen molar-refractivity contribution in [3.05, 3.63) is 22.7 Å². The molecule has 1 N–H and O–H groups in total. The average molecular weight is 155 g/mol. The van der Waals surface area contributed by atoms with Crippen LogP contribution in [0.3, 0.4) is 0 Å². The number of ether oxygens (including phenoxy) is 1. The molecule has 1 heterocycles. The molecule has 0 fully saturated rings. The van der Waals surface area contributed by atoms with E-state index in [2.05, 4.69) is 9.73 Å². The fraction of sp³-hybridized carbons (Fsp3) is 0.286. The zero-order valence-corrected chi connectivity index (χ0v) is 6.38. The number of rotatable bonds is 2. The Morgan fingerprint density at radius 1 is 1.64 bits per heavy atom. The second-order valence-corrected chi connectivity index (χ2v) is 1.93. The molecule has 0 aliphatic carbocycles. The fourth-order valence-electron chi connectivity index (χ4n) is 0.752. The standard InChI is InChI=1S/C7H9NO3/c1-8-5-3-7(9)11-4-6(5)10-2/h3-4,8H,1-2H3. The van der Waals surface area contributed by atoms with Crippen molar-refractivity contribution >= 4 is 5.69 Å². The highest BCUT2D eigenvalue weighted by atomic mass is 16.5. The van der Waals surface area contributed by atoms with Gasteiger partial charge in [0.05, 0.1) is 18.9 Å². The first kappa shape index (κ1) is 7.65. The third-order valence-electron chi connectivity index (χ3n) is 1.30. The Bertz CT molecular complexity index is 292. The highest BCUT2D eigenvalue weighted by Gasteiger charge is 2.01. The zero-order valence-electron chi connectivity index (χ0n) is 6.38. The molecule has 0 unspecified atom stereocenters. The summed E-state index contributed by atoms with van der Waals surface area (Å²) in [7, 11) is 3.22. The highest BCUT2D eigenvalue weighted by Crippen LogP contribution is 2.19. The van der Waals surface area contributed by atoms with Gasteiger partial charge < -0.3 is 14.5 Å². The summed E-state index contributed by atoms with van der Waals surface area (Å²) in [4.78, 5) is 10.7. The van der Waals surface area contributed by atoms with Crippen molar-refractivity contribution in [2.24, 2.45) is 0 Å². The predicted molar refractivity (Wildman–Crippen MR) is 41.1 cm³/mol. The molecule has 0 atom stereocenters. The molecule has 0 amide bonds. The SMILES string of the molecule is CNc1cc(=O)occ1OC. The lowest BCUT2D eigenvalue weighted by Gasteiger charge is -2.03. The Hall–Kier alpha value is -1.45. The van der Waals surface area contributed by atoms with E-state index in [4.69, 9.17) is 4.74 Å². The lowest BCUT2D eigenvalue weighted by molar-refractivity contribution is 0.387. The third kappa shape index (κ3) is 1.52. The van der Waals surface area contributed by atoms with Gasteiger partial charge in [0.25, 0.3) is 0 Å². The van der Waals surface area contributed by atoms with Gasteiger partial charge in [-0.2, -0.15) is 0 Å². The monoisotopic (exact) mass is 155 g/mol. The van der Waals surface area contributed by atoms with Gasteiger partial charge in [-0.1, -0.05) is 0 Å². The first-order valence-electron chi connectivity index (χ1n) is 3.12. The van der Waals surface area contributed by atoms with Crippen LogP contribution in [0.25, 0.3) is 0 Å². The van der Waals surface area contributed by atoms with Gasteiger partial charge >= 0.3 is 5.63 Å². The second-order valence-electron chi connectivity index (χ2n) is 1.93. The first-order valence-corrected chi connectivity index (χ1v) is 3.12. The molecular formula is C7H9NO3. The number of methoxy groups -OCH3 is 1. The summed E-state index contributed by atoms with van der Waals surface area (Å²) in [5, 5.41) is 2.80. The molecule has 0 spiro atoms. The van der Waals surface area contributed by atoms with E-state index in [1.54, 1.807) is 7.05 Å². The van der Waals surface area contributed by atoms with Gasteiger partial charge in [-0.05, 0) is 0 Å². The van der Waals surface area contributed by atoms with Crippen LogP contribution in [-0.2, 0) is 0 Å². The van der Waals surface area contributed by atoms with Crippen LogP contribution < -0.4 is 15.7 Å². The van der Waals surface area contributed by atoms with Crippen LogP contribution in [0.5, 0.6) is 5.75 Å². The van der Waals surface area contributed by atoms with Crippen LogP contribution in [0.4, 0.5) is 5.69 Å². The average Bonchev–Trinajstić information content (AvgIpc) is 2.04. The van der Waals surface area contributed by atoms with Crippen molar-refractivity contribution < 1.29 is 9.15 Å². The van der Waals surface area contributed by atoms with Crippen LogP contribution in [0, 0.1) is 0 Å². The molecule has 0 saturated carbocycles. The second kappa shape index (κ2) is 3.09. The molecule has 0 bridgehead atoms. The molecule has 1 rings (SSSR count). The first-order chi connectivity index (χ1) is 5.27. The molecule has 4 nitrogen and oxygen atoms in total. The van der Waals surface area contributed by atoms with Gasteiger partial charge in [-0.15, -0.1) is 0 Å². The van der Waals surface area contributed by atoms with E-state index in [0.717, 1.165) is 0 Å². The molecule has 4 heteroatoms. The maximum Gasteiger partial charge on any atom is 0.337 e. The molecule has 0 aromatic carbocycles. The lowest BCUT2D eigenvalue weighted by Crippen LogP contribution is -2.01. The molecule has 11 heavy (non-hydrogen) atoms. The topological polar surface area (TPSA) is 51.5 Å². The van der Waals surface area contributed by atoms with Crippen molar-refractivity contribution in [3.8, 4) is 5.75 Å². The van der Waals surface area contributed by atoms with Crippen LogP contribution in [0.2, 0.25) is 0 Å². The van der Waals surface area contributed by atoms with Gasteiger partial charge in [-0.25, -0.2) is 4.79 Å². The maximum atomic E-state index is 10.7. The van der Waals surface area contributed by atoms with Gasteiger partial charge in [0.1, 0.15) is 6.26 Å². The summed E-state index contributed by atoms with van der Waals surface area (Å²) in [5.74, 6) is 0.520. The molecule has 0 saturated heterocycles. The van der Waals surface area contributed by atoms with Crippen LogP contribution in [0.1, 0.15) is 0 Å². The van der Waals surface area contributed by atoms with E-state index in [1.807, 2.05) is 0 Å². The van der Waals surface area contributed by atoms with E-state index in [0.29, 0.717) is 11.4 Å².